The minimum absolute atomic E-state index is 0.0476. The molecule has 40 heavy (non-hydrogen) atoms. The molecular weight excluding hydrogens is 524 g/mol. The predicted molar refractivity (Wildman–Crippen MR) is 157 cm³/mol. The van der Waals surface area contributed by atoms with E-state index in [1.54, 1.807) is 26.0 Å². The SMILES string of the molecule is C[C@@H]1CN([C@H](C)CO)S(=O)(=O)c2ccc(C#C[C@@H](C)O)cc2O[C@@H]1CN(C)Cc1ccc(-c2ccccc2)cc1. The molecule has 7 nitrogen and oxygen atoms in total. The Morgan fingerprint density at radius 1 is 1.05 bits per heavy atom. The van der Waals surface area contributed by atoms with E-state index in [1.165, 1.54) is 15.9 Å². The van der Waals surface area contributed by atoms with E-state index >= 15 is 0 Å². The van der Waals surface area contributed by atoms with Crippen molar-refractivity contribution >= 4 is 10.0 Å². The Labute approximate surface area is 238 Å². The summed E-state index contributed by atoms with van der Waals surface area (Å²) in [5.41, 5.74) is 4.05. The molecule has 0 amide bonds. The average molecular weight is 563 g/mol. The van der Waals surface area contributed by atoms with Crippen LogP contribution in [0.3, 0.4) is 0 Å². The normalized spacial score (nSPS) is 20.3. The van der Waals surface area contributed by atoms with Gasteiger partial charge in [0.15, 0.2) is 0 Å². The maximum atomic E-state index is 13.6. The van der Waals surface area contributed by atoms with Crippen LogP contribution in [-0.2, 0) is 16.6 Å². The van der Waals surface area contributed by atoms with Crippen LogP contribution in [0, 0.1) is 17.8 Å². The smallest absolute Gasteiger partial charge is 0.247 e. The Bertz CT molecular complexity index is 1450. The number of ether oxygens (including phenoxy) is 1. The summed E-state index contributed by atoms with van der Waals surface area (Å²) in [4.78, 5) is 2.22. The van der Waals surface area contributed by atoms with Crippen LogP contribution in [-0.4, -0.2) is 72.8 Å². The van der Waals surface area contributed by atoms with Gasteiger partial charge in [0.2, 0.25) is 10.0 Å². The highest BCUT2D eigenvalue weighted by Crippen LogP contribution is 2.34. The number of nitrogens with zero attached hydrogens (tertiary/aromatic N) is 2. The monoisotopic (exact) mass is 562 g/mol. The van der Waals surface area contributed by atoms with Gasteiger partial charge in [0, 0.05) is 37.2 Å². The Morgan fingerprint density at radius 2 is 1.73 bits per heavy atom. The molecule has 0 aliphatic carbocycles. The van der Waals surface area contributed by atoms with Crippen LogP contribution in [0.25, 0.3) is 11.1 Å². The van der Waals surface area contributed by atoms with Crippen molar-refractivity contribution in [1.82, 2.24) is 9.21 Å². The lowest BCUT2D eigenvalue weighted by atomic mass is 10.0. The van der Waals surface area contributed by atoms with E-state index in [0.29, 0.717) is 18.7 Å². The largest absolute Gasteiger partial charge is 0.487 e. The highest BCUT2D eigenvalue weighted by atomic mass is 32.2. The van der Waals surface area contributed by atoms with Crippen molar-refractivity contribution < 1.29 is 23.4 Å². The van der Waals surface area contributed by atoms with Gasteiger partial charge in [0.1, 0.15) is 22.9 Å². The van der Waals surface area contributed by atoms with Gasteiger partial charge in [-0.05, 0) is 55.8 Å². The van der Waals surface area contributed by atoms with Gasteiger partial charge in [0.25, 0.3) is 0 Å². The third kappa shape index (κ3) is 7.11. The molecule has 0 bridgehead atoms. The van der Waals surface area contributed by atoms with Gasteiger partial charge in [-0.15, -0.1) is 0 Å². The van der Waals surface area contributed by atoms with Crippen LogP contribution < -0.4 is 4.74 Å². The van der Waals surface area contributed by atoms with Gasteiger partial charge in [-0.3, -0.25) is 4.90 Å². The van der Waals surface area contributed by atoms with Gasteiger partial charge < -0.3 is 14.9 Å². The van der Waals surface area contributed by atoms with Gasteiger partial charge in [-0.1, -0.05) is 73.4 Å². The Kier molecular flexibility index (Phi) is 9.67. The van der Waals surface area contributed by atoms with Crippen LogP contribution in [0.5, 0.6) is 5.75 Å². The second-order valence-corrected chi connectivity index (χ2v) is 12.5. The summed E-state index contributed by atoms with van der Waals surface area (Å²) in [7, 11) is -1.90. The molecule has 1 aliphatic heterocycles. The van der Waals surface area contributed by atoms with E-state index in [-0.39, 0.29) is 35.8 Å². The molecule has 0 spiro atoms. The van der Waals surface area contributed by atoms with Crippen LogP contribution in [0.1, 0.15) is 31.9 Å². The van der Waals surface area contributed by atoms with Gasteiger partial charge in [-0.25, -0.2) is 8.42 Å². The zero-order valence-electron chi connectivity index (χ0n) is 23.5. The maximum absolute atomic E-state index is 13.6. The molecule has 3 aromatic rings. The lowest BCUT2D eigenvalue weighted by Crippen LogP contribution is -2.49. The number of benzene rings is 3. The molecule has 0 saturated heterocycles. The van der Waals surface area contributed by atoms with Crippen LogP contribution in [0.2, 0.25) is 0 Å². The van der Waals surface area contributed by atoms with Gasteiger partial charge in [0.05, 0.1) is 6.61 Å². The lowest BCUT2D eigenvalue weighted by molar-refractivity contribution is 0.0733. The van der Waals surface area contributed by atoms with E-state index in [2.05, 4.69) is 53.1 Å². The number of aliphatic hydroxyl groups is 2. The zero-order chi connectivity index (χ0) is 28.9. The first-order chi connectivity index (χ1) is 19.1. The first-order valence-corrected chi connectivity index (χ1v) is 15.0. The first-order valence-electron chi connectivity index (χ1n) is 13.5. The second-order valence-electron chi connectivity index (χ2n) is 10.6. The molecule has 212 valence electrons. The number of sulfonamides is 1. The number of hydrogen-bond donors (Lipinski definition) is 2. The summed E-state index contributed by atoms with van der Waals surface area (Å²) < 4.78 is 35.1. The molecule has 8 heteroatoms. The number of rotatable bonds is 7. The summed E-state index contributed by atoms with van der Waals surface area (Å²) >= 11 is 0. The van der Waals surface area contributed by atoms with Crippen molar-refractivity contribution in [2.45, 2.75) is 50.5 Å². The molecule has 0 saturated carbocycles. The Balaban J connectivity index is 1.59. The van der Waals surface area contributed by atoms with Crippen molar-refractivity contribution in [1.29, 1.82) is 0 Å². The van der Waals surface area contributed by atoms with E-state index in [9.17, 15) is 18.6 Å². The van der Waals surface area contributed by atoms with E-state index in [1.807, 2.05) is 32.2 Å². The molecule has 1 aliphatic rings. The van der Waals surface area contributed by atoms with Gasteiger partial charge in [-0.2, -0.15) is 4.31 Å². The first kappa shape index (κ1) is 29.8. The fraction of sp³-hybridized carbons (Fsp3) is 0.375. The number of hydrogen-bond acceptors (Lipinski definition) is 6. The van der Waals surface area contributed by atoms with E-state index in [0.717, 1.165) is 11.1 Å². The fourth-order valence-electron chi connectivity index (χ4n) is 4.83. The number of aliphatic hydroxyl groups excluding tert-OH is 2. The van der Waals surface area contributed by atoms with Crippen LogP contribution in [0.4, 0.5) is 0 Å². The highest BCUT2D eigenvalue weighted by molar-refractivity contribution is 7.89. The molecule has 0 radical (unpaired) electrons. The molecule has 4 atom stereocenters. The van der Waals surface area contributed by atoms with Crippen LogP contribution in [0.15, 0.2) is 77.7 Å². The summed E-state index contributed by atoms with van der Waals surface area (Å²) in [5, 5.41) is 19.4. The lowest BCUT2D eigenvalue weighted by Gasteiger charge is -2.37. The molecule has 3 aromatic carbocycles. The number of fused-ring (bicyclic) bond motifs is 1. The molecular formula is C32H38N2O5S. The third-order valence-corrected chi connectivity index (χ3v) is 9.12. The van der Waals surface area contributed by atoms with Crippen LogP contribution >= 0.6 is 0 Å². The molecule has 4 rings (SSSR count). The van der Waals surface area contributed by atoms with Crippen molar-refractivity contribution in [3.63, 3.8) is 0 Å². The quantitative estimate of drug-likeness (QED) is 0.424. The third-order valence-electron chi connectivity index (χ3n) is 7.10. The molecule has 0 aromatic heterocycles. The summed E-state index contributed by atoms with van der Waals surface area (Å²) in [6.45, 7) is 6.44. The topological polar surface area (TPSA) is 90.3 Å². The molecule has 0 fully saturated rings. The zero-order valence-corrected chi connectivity index (χ0v) is 24.3. The average Bonchev–Trinajstić information content (AvgIpc) is 2.94. The minimum Gasteiger partial charge on any atom is -0.487 e. The fourth-order valence-corrected chi connectivity index (χ4v) is 6.65. The minimum atomic E-state index is -3.93. The van der Waals surface area contributed by atoms with Crippen molar-refractivity contribution in [2.75, 3.05) is 26.7 Å². The highest BCUT2D eigenvalue weighted by Gasteiger charge is 2.38. The molecule has 2 N–H and O–H groups in total. The van der Waals surface area contributed by atoms with Crippen molar-refractivity contribution in [3.8, 4) is 28.7 Å². The van der Waals surface area contributed by atoms with E-state index < -0.39 is 22.2 Å². The van der Waals surface area contributed by atoms with Gasteiger partial charge >= 0.3 is 0 Å². The summed E-state index contributed by atoms with van der Waals surface area (Å²) in [6.07, 6.45) is -1.13. The Morgan fingerprint density at radius 3 is 2.38 bits per heavy atom. The van der Waals surface area contributed by atoms with Crippen molar-refractivity contribution in [3.05, 3.63) is 83.9 Å². The van der Waals surface area contributed by atoms with Crippen molar-refractivity contribution in [2.24, 2.45) is 5.92 Å². The Hall–Kier alpha value is -3.19. The second kappa shape index (κ2) is 13.0. The maximum Gasteiger partial charge on any atom is 0.247 e. The standard InChI is InChI=1S/C32H38N2O5S/c1-23-19-34(24(2)22-35)40(37,38)32-17-14-26(11-10-25(3)36)18-30(32)39-31(23)21-33(4)20-27-12-15-29(16-13-27)28-8-6-5-7-9-28/h5-9,12-18,23-25,31,35-36H,19-22H2,1-4H3/t23-,24-,25-,31-/m1/s1. The predicted octanol–water partition coefficient (Wildman–Crippen LogP) is 3.99. The molecule has 1 heterocycles. The van der Waals surface area contributed by atoms with E-state index in [4.69, 9.17) is 4.74 Å². The molecule has 0 unspecified atom stereocenters. The summed E-state index contributed by atoms with van der Waals surface area (Å²) in [5.74, 6) is 5.64. The number of likely N-dealkylation sites (N-methyl/N-ethyl adjacent to an activating group) is 1. The summed E-state index contributed by atoms with van der Waals surface area (Å²) in [6, 6.07) is 22.9.